The lowest BCUT2D eigenvalue weighted by Gasteiger charge is -2.12. The molecule has 3 aromatic rings. The Kier molecular flexibility index (Phi) is 9.96. The first kappa shape index (κ1) is 25.3. The van der Waals surface area contributed by atoms with Crippen LogP contribution >= 0.6 is 0 Å². The van der Waals surface area contributed by atoms with Crippen molar-refractivity contribution in [1.29, 1.82) is 0 Å². The second kappa shape index (κ2) is 13.4. The minimum atomic E-state index is -0.461. The molecule has 0 heterocycles. The summed E-state index contributed by atoms with van der Waals surface area (Å²) >= 11 is 0. The molecule has 0 amide bonds. The lowest BCUT2D eigenvalue weighted by Crippen LogP contribution is -2.10. The first-order chi connectivity index (χ1) is 16.6. The van der Waals surface area contributed by atoms with Crippen LogP contribution in [0.3, 0.4) is 0 Å². The lowest BCUT2D eigenvalue weighted by molar-refractivity contribution is 0.0600. The molecule has 0 aromatic heterocycles. The third kappa shape index (κ3) is 7.08. The molecule has 0 spiro atoms. The Morgan fingerprint density at radius 2 is 1.35 bits per heavy atom. The fourth-order valence-electron chi connectivity index (χ4n) is 3.93. The molecule has 180 valence electrons. The van der Waals surface area contributed by atoms with Gasteiger partial charge >= 0.3 is 11.9 Å². The van der Waals surface area contributed by atoms with Gasteiger partial charge in [-0.1, -0.05) is 76.1 Å². The predicted molar refractivity (Wildman–Crippen MR) is 135 cm³/mol. The summed E-state index contributed by atoms with van der Waals surface area (Å²) < 4.78 is 16.3. The summed E-state index contributed by atoms with van der Waals surface area (Å²) in [4.78, 5) is 24.5. The van der Waals surface area contributed by atoms with E-state index in [1.165, 1.54) is 52.1 Å². The average molecular weight is 463 g/mol. The number of hydrogen-bond acceptors (Lipinski definition) is 5. The molecule has 5 heteroatoms. The Bertz CT molecular complexity index is 1070. The smallest absolute Gasteiger partial charge is 0.344 e. The molecule has 0 saturated carbocycles. The standard InChI is InChI=1S/C29H34O5/c1-3-4-5-6-7-8-9-12-21-33-27-20-19-26(24-13-10-11-14-25(24)27)29(31)34-23-17-15-22(16-18-23)28(30)32-2/h10-11,13-20H,3-9,12,21H2,1-2H3. The molecule has 0 N–H and O–H groups in total. The minimum Gasteiger partial charge on any atom is -0.493 e. The highest BCUT2D eigenvalue weighted by atomic mass is 16.5. The van der Waals surface area contributed by atoms with E-state index in [1.54, 1.807) is 30.3 Å². The Balaban J connectivity index is 1.59. The number of carbonyl (C=O) groups is 2. The van der Waals surface area contributed by atoms with E-state index in [0.29, 0.717) is 23.5 Å². The van der Waals surface area contributed by atoms with Crippen LogP contribution in [-0.4, -0.2) is 25.7 Å². The van der Waals surface area contributed by atoms with Crippen LogP contribution < -0.4 is 9.47 Å². The molecular formula is C29H34O5. The Morgan fingerprint density at radius 3 is 2.03 bits per heavy atom. The number of unbranched alkanes of at least 4 members (excludes halogenated alkanes) is 7. The molecule has 0 saturated heterocycles. The SMILES string of the molecule is CCCCCCCCCCOc1ccc(C(=O)Oc2ccc(C(=O)OC)cc2)c2ccccc12. The van der Waals surface area contributed by atoms with Crippen molar-refractivity contribution < 1.29 is 23.8 Å². The van der Waals surface area contributed by atoms with Gasteiger partial charge in [-0.25, -0.2) is 9.59 Å². The summed E-state index contributed by atoms with van der Waals surface area (Å²) in [5, 5.41) is 1.67. The van der Waals surface area contributed by atoms with Crippen LogP contribution in [0.4, 0.5) is 0 Å². The van der Waals surface area contributed by atoms with E-state index >= 15 is 0 Å². The van der Waals surface area contributed by atoms with Gasteiger partial charge in [0.2, 0.25) is 0 Å². The third-order valence-corrected chi connectivity index (χ3v) is 5.85. The van der Waals surface area contributed by atoms with Crippen molar-refractivity contribution in [3.8, 4) is 11.5 Å². The first-order valence-electron chi connectivity index (χ1n) is 12.2. The van der Waals surface area contributed by atoms with Crippen LogP contribution in [0.25, 0.3) is 10.8 Å². The highest BCUT2D eigenvalue weighted by Crippen LogP contribution is 2.30. The summed E-state index contributed by atoms with van der Waals surface area (Å²) in [5.41, 5.74) is 0.859. The molecule has 3 aromatic carbocycles. The summed E-state index contributed by atoms with van der Waals surface area (Å²) in [6.45, 7) is 2.90. The summed E-state index contributed by atoms with van der Waals surface area (Å²) in [6, 6.07) is 17.6. The molecule has 34 heavy (non-hydrogen) atoms. The maximum absolute atomic E-state index is 12.9. The van der Waals surface area contributed by atoms with Crippen molar-refractivity contribution in [3.05, 3.63) is 71.8 Å². The molecular weight excluding hydrogens is 428 g/mol. The molecule has 3 rings (SSSR count). The van der Waals surface area contributed by atoms with Crippen LogP contribution in [0.5, 0.6) is 11.5 Å². The van der Waals surface area contributed by atoms with Crippen molar-refractivity contribution in [3.63, 3.8) is 0 Å². The second-order valence-electron chi connectivity index (χ2n) is 8.39. The summed E-state index contributed by atoms with van der Waals surface area (Å²) in [6.07, 6.45) is 10.0. The van der Waals surface area contributed by atoms with Gasteiger partial charge in [0.05, 0.1) is 24.8 Å². The van der Waals surface area contributed by atoms with Gasteiger partial charge < -0.3 is 14.2 Å². The van der Waals surface area contributed by atoms with Crippen LogP contribution in [-0.2, 0) is 4.74 Å². The number of carbonyl (C=O) groups excluding carboxylic acids is 2. The molecule has 0 radical (unpaired) electrons. The molecule has 5 nitrogen and oxygen atoms in total. The predicted octanol–water partition coefficient (Wildman–Crippen LogP) is 7.37. The molecule has 0 aliphatic heterocycles. The molecule has 0 aliphatic carbocycles. The van der Waals surface area contributed by atoms with Gasteiger partial charge in [-0.3, -0.25) is 0 Å². The summed E-state index contributed by atoms with van der Waals surface area (Å²) in [7, 11) is 1.32. The average Bonchev–Trinajstić information content (AvgIpc) is 2.87. The van der Waals surface area contributed by atoms with Crippen LogP contribution in [0.2, 0.25) is 0 Å². The quantitative estimate of drug-likeness (QED) is 0.151. The fourth-order valence-corrected chi connectivity index (χ4v) is 3.93. The van der Waals surface area contributed by atoms with Crippen LogP contribution in [0.1, 0.15) is 79.0 Å². The van der Waals surface area contributed by atoms with Gasteiger partial charge in [0, 0.05) is 5.39 Å². The van der Waals surface area contributed by atoms with E-state index in [-0.39, 0.29) is 0 Å². The molecule has 0 bridgehead atoms. The number of fused-ring (bicyclic) bond motifs is 1. The highest BCUT2D eigenvalue weighted by Gasteiger charge is 2.15. The Hall–Kier alpha value is -3.34. The van der Waals surface area contributed by atoms with Crippen LogP contribution in [0.15, 0.2) is 60.7 Å². The largest absolute Gasteiger partial charge is 0.493 e. The van der Waals surface area contributed by atoms with Gasteiger partial charge in [-0.05, 0) is 48.2 Å². The normalized spacial score (nSPS) is 10.8. The number of benzene rings is 3. The van der Waals surface area contributed by atoms with Crippen molar-refractivity contribution in [2.24, 2.45) is 0 Å². The zero-order chi connectivity index (χ0) is 24.2. The number of methoxy groups -OCH3 is 1. The topological polar surface area (TPSA) is 61.8 Å². The van der Waals surface area contributed by atoms with Crippen molar-refractivity contribution in [2.45, 2.75) is 58.3 Å². The maximum atomic E-state index is 12.9. The molecule has 0 aliphatic rings. The third-order valence-electron chi connectivity index (χ3n) is 5.85. The Morgan fingerprint density at radius 1 is 0.706 bits per heavy atom. The van der Waals surface area contributed by atoms with E-state index < -0.39 is 11.9 Å². The minimum absolute atomic E-state index is 0.358. The monoisotopic (exact) mass is 462 g/mol. The number of esters is 2. The highest BCUT2D eigenvalue weighted by molar-refractivity contribution is 6.07. The van der Waals surface area contributed by atoms with Crippen LogP contribution in [0, 0.1) is 0 Å². The van der Waals surface area contributed by atoms with E-state index in [9.17, 15) is 9.59 Å². The van der Waals surface area contributed by atoms with Gasteiger partial charge in [-0.2, -0.15) is 0 Å². The van der Waals surface area contributed by atoms with E-state index in [1.807, 2.05) is 30.3 Å². The van der Waals surface area contributed by atoms with Gasteiger partial charge in [0.15, 0.2) is 0 Å². The number of ether oxygens (including phenoxy) is 3. The summed E-state index contributed by atoms with van der Waals surface area (Å²) in [5.74, 6) is 0.234. The Labute approximate surface area is 202 Å². The fraction of sp³-hybridized carbons (Fsp3) is 0.379. The molecule has 0 fully saturated rings. The first-order valence-corrected chi connectivity index (χ1v) is 12.2. The number of rotatable bonds is 13. The van der Waals surface area contributed by atoms with Crippen molar-refractivity contribution in [2.75, 3.05) is 13.7 Å². The van der Waals surface area contributed by atoms with Gasteiger partial charge in [-0.15, -0.1) is 0 Å². The second-order valence-corrected chi connectivity index (χ2v) is 8.39. The van der Waals surface area contributed by atoms with Crippen molar-refractivity contribution >= 4 is 22.7 Å². The van der Waals surface area contributed by atoms with E-state index in [2.05, 4.69) is 6.92 Å². The maximum Gasteiger partial charge on any atom is 0.344 e. The van der Waals surface area contributed by atoms with E-state index in [4.69, 9.17) is 14.2 Å². The number of hydrogen-bond donors (Lipinski definition) is 0. The zero-order valence-corrected chi connectivity index (χ0v) is 20.2. The molecule has 0 unspecified atom stereocenters. The zero-order valence-electron chi connectivity index (χ0n) is 20.2. The lowest BCUT2D eigenvalue weighted by atomic mass is 10.0. The molecule has 0 atom stereocenters. The van der Waals surface area contributed by atoms with Gasteiger partial charge in [0.25, 0.3) is 0 Å². The van der Waals surface area contributed by atoms with Crippen molar-refractivity contribution in [1.82, 2.24) is 0 Å². The van der Waals surface area contributed by atoms with E-state index in [0.717, 1.165) is 22.9 Å². The van der Waals surface area contributed by atoms with Gasteiger partial charge in [0.1, 0.15) is 11.5 Å².